The van der Waals surface area contributed by atoms with Gasteiger partial charge >= 0.3 is 11.9 Å². The third-order valence-electron chi connectivity index (χ3n) is 3.78. The molecule has 2 rings (SSSR count). The van der Waals surface area contributed by atoms with Crippen LogP contribution >= 0.6 is 0 Å². The van der Waals surface area contributed by atoms with Gasteiger partial charge in [0.2, 0.25) is 0 Å². The molecule has 0 aliphatic rings. The number of aromatic nitrogens is 1. The van der Waals surface area contributed by atoms with Crippen LogP contribution in [0, 0.1) is 0 Å². The zero-order valence-electron chi connectivity index (χ0n) is 18.0. The number of esters is 2. The van der Waals surface area contributed by atoms with Crippen molar-refractivity contribution in [2.24, 2.45) is 0 Å². The van der Waals surface area contributed by atoms with Gasteiger partial charge in [0.25, 0.3) is 0 Å². The Morgan fingerprint density at radius 3 is 2.60 bits per heavy atom. The van der Waals surface area contributed by atoms with Crippen LogP contribution in [0.25, 0.3) is 17.3 Å². The van der Waals surface area contributed by atoms with Crippen LogP contribution in [0.2, 0.25) is 0 Å². The fourth-order valence-electron chi connectivity index (χ4n) is 2.58. The lowest BCUT2D eigenvalue weighted by molar-refractivity contribution is -0.152. The van der Waals surface area contributed by atoms with Crippen LogP contribution in [0.4, 0.5) is 5.82 Å². The van der Waals surface area contributed by atoms with E-state index in [1.54, 1.807) is 12.1 Å². The summed E-state index contributed by atoms with van der Waals surface area (Å²) in [5.41, 5.74) is 1.75. The van der Waals surface area contributed by atoms with Gasteiger partial charge in [0.05, 0.1) is 19.4 Å². The predicted molar refractivity (Wildman–Crippen MR) is 116 cm³/mol. The van der Waals surface area contributed by atoms with Crippen LogP contribution in [0.3, 0.4) is 0 Å². The van der Waals surface area contributed by atoms with Crippen molar-refractivity contribution in [2.45, 2.75) is 33.3 Å². The van der Waals surface area contributed by atoms with Crippen LogP contribution in [0.1, 0.15) is 33.3 Å². The van der Waals surface area contributed by atoms with Crippen molar-refractivity contribution in [3.63, 3.8) is 0 Å². The number of nitrogens with zero attached hydrogens (tertiary/aromatic N) is 1. The summed E-state index contributed by atoms with van der Waals surface area (Å²) in [6, 6.07) is 11.1. The summed E-state index contributed by atoms with van der Waals surface area (Å²) < 4.78 is 15.7. The Kier molecular flexibility index (Phi) is 7.98. The minimum Gasteiger partial charge on any atom is -0.493 e. The van der Waals surface area contributed by atoms with Gasteiger partial charge in [-0.1, -0.05) is 12.1 Å². The number of nitrogens with one attached hydrogen (secondary N) is 1. The molecule has 160 valence electrons. The second-order valence-electron chi connectivity index (χ2n) is 7.39. The summed E-state index contributed by atoms with van der Waals surface area (Å²) in [6.45, 7) is 7.86. The summed E-state index contributed by atoms with van der Waals surface area (Å²) in [6.07, 6.45) is 3.01. The van der Waals surface area contributed by atoms with E-state index in [9.17, 15) is 9.59 Å². The zero-order chi connectivity index (χ0) is 22.1. The second-order valence-corrected chi connectivity index (χ2v) is 7.39. The SMILES string of the molecule is CCOc1cc(C=CC(=O)OC)ccc1-c1cccc(NCC(=O)OC(C)(C)C)n1. The maximum Gasteiger partial charge on any atom is 0.330 e. The van der Waals surface area contributed by atoms with Crippen LogP contribution in [-0.2, 0) is 19.1 Å². The highest BCUT2D eigenvalue weighted by molar-refractivity contribution is 5.87. The normalized spacial score (nSPS) is 11.2. The van der Waals surface area contributed by atoms with Crippen LogP contribution in [0.15, 0.2) is 42.5 Å². The quantitative estimate of drug-likeness (QED) is 0.516. The standard InChI is InChI=1S/C23H28N2O5/c1-6-29-19-14-16(11-13-21(26)28-5)10-12-17(19)18-8-7-9-20(25-18)24-15-22(27)30-23(2,3)4/h7-14H,6,15H2,1-5H3,(H,24,25). The van der Waals surface area contributed by atoms with E-state index in [4.69, 9.17) is 9.47 Å². The number of ether oxygens (including phenoxy) is 3. The molecule has 30 heavy (non-hydrogen) atoms. The van der Waals surface area contributed by atoms with Crippen molar-refractivity contribution in [1.29, 1.82) is 0 Å². The molecular weight excluding hydrogens is 384 g/mol. The molecule has 0 aliphatic carbocycles. The van der Waals surface area contributed by atoms with Crippen molar-refractivity contribution in [3.8, 4) is 17.0 Å². The van der Waals surface area contributed by atoms with Crippen LogP contribution < -0.4 is 10.1 Å². The van der Waals surface area contributed by atoms with Gasteiger partial charge < -0.3 is 19.5 Å². The molecule has 1 aromatic heterocycles. The molecule has 1 heterocycles. The number of carbonyl (C=O) groups is 2. The molecule has 2 aromatic rings. The maximum absolute atomic E-state index is 11.9. The molecule has 0 aliphatic heterocycles. The number of hydrogen-bond donors (Lipinski definition) is 1. The average Bonchev–Trinajstić information content (AvgIpc) is 2.70. The van der Waals surface area contributed by atoms with Crippen molar-refractivity contribution in [1.82, 2.24) is 4.98 Å². The Balaban J connectivity index is 2.21. The van der Waals surface area contributed by atoms with E-state index in [0.717, 1.165) is 11.1 Å². The fourth-order valence-corrected chi connectivity index (χ4v) is 2.58. The Morgan fingerprint density at radius 2 is 1.93 bits per heavy atom. The number of carbonyl (C=O) groups excluding carboxylic acids is 2. The summed E-state index contributed by atoms with van der Waals surface area (Å²) in [7, 11) is 1.33. The lowest BCUT2D eigenvalue weighted by atomic mass is 10.1. The van der Waals surface area contributed by atoms with Gasteiger partial charge in [-0.25, -0.2) is 9.78 Å². The Hall–Kier alpha value is -3.35. The van der Waals surface area contributed by atoms with Crippen molar-refractivity contribution < 1.29 is 23.8 Å². The molecule has 0 atom stereocenters. The highest BCUT2D eigenvalue weighted by Gasteiger charge is 2.16. The fraction of sp³-hybridized carbons (Fsp3) is 0.348. The molecule has 1 N–H and O–H groups in total. The van der Waals surface area contributed by atoms with Gasteiger partial charge in [0.15, 0.2) is 0 Å². The number of hydrogen-bond acceptors (Lipinski definition) is 7. The second kappa shape index (κ2) is 10.4. The van der Waals surface area contributed by atoms with Gasteiger partial charge in [0, 0.05) is 11.6 Å². The average molecular weight is 412 g/mol. The summed E-state index contributed by atoms with van der Waals surface area (Å²) >= 11 is 0. The summed E-state index contributed by atoms with van der Waals surface area (Å²) in [5, 5.41) is 2.99. The third kappa shape index (κ3) is 7.24. The number of pyridine rings is 1. The Bertz CT molecular complexity index is 916. The van der Waals surface area contributed by atoms with Gasteiger partial charge in [-0.3, -0.25) is 4.79 Å². The molecule has 7 heteroatoms. The first-order valence-corrected chi connectivity index (χ1v) is 9.68. The van der Waals surface area contributed by atoms with Gasteiger partial charge in [-0.15, -0.1) is 0 Å². The molecule has 0 bridgehead atoms. The van der Waals surface area contributed by atoms with E-state index < -0.39 is 11.6 Å². The van der Waals surface area contributed by atoms with Crippen molar-refractivity contribution in [3.05, 3.63) is 48.0 Å². The Labute approximate surface area is 177 Å². The maximum atomic E-state index is 11.9. The molecule has 0 fully saturated rings. The topological polar surface area (TPSA) is 86.8 Å². The number of anilines is 1. The first kappa shape index (κ1) is 22.9. The monoisotopic (exact) mass is 412 g/mol. The van der Waals surface area contributed by atoms with E-state index in [2.05, 4.69) is 15.0 Å². The van der Waals surface area contributed by atoms with Crippen molar-refractivity contribution >= 4 is 23.8 Å². The van der Waals surface area contributed by atoms with E-state index in [-0.39, 0.29) is 12.5 Å². The smallest absolute Gasteiger partial charge is 0.330 e. The molecule has 0 saturated heterocycles. The van der Waals surface area contributed by atoms with E-state index >= 15 is 0 Å². The lowest BCUT2D eigenvalue weighted by Gasteiger charge is -2.19. The first-order chi connectivity index (χ1) is 14.2. The van der Waals surface area contributed by atoms with Gasteiger partial charge in [-0.05, 0) is 63.6 Å². The molecule has 0 unspecified atom stereocenters. The largest absolute Gasteiger partial charge is 0.493 e. The number of rotatable bonds is 8. The minimum atomic E-state index is -0.537. The summed E-state index contributed by atoms with van der Waals surface area (Å²) in [5.74, 6) is 0.408. The van der Waals surface area contributed by atoms with Crippen LogP contribution in [0.5, 0.6) is 5.75 Å². The Morgan fingerprint density at radius 1 is 1.17 bits per heavy atom. The van der Waals surface area contributed by atoms with E-state index in [1.807, 2.05) is 58.0 Å². The zero-order valence-corrected chi connectivity index (χ0v) is 18.0. The predicted octanol–water partition coefficient (Wildman–Crippen LogP) is 4.09. The molecular formula is C23H28N2O5. The van der Waals surface area contributed by atoms with E-state index in [0.29, 0.717) is 23.9 Å². The number of benzene rings is 1. The van der Waals surface area contributed by atoms with Crippen molar-refractivity contribution in [2.75, 3.05) is 25.6 Å². The number of methoxy groups -OCH3 is 1. The molecule has 0 saturated carbocycles. The third-order valence-corrected chi connectivity index (χ3v) is 3.78. The lowest BCUT2D eigenvalue weighted by Crippen LogP contribution is -2.28. The minimum absolute atomic E-state index is 0.0172. The van der Waals surface area contributed by atoms with Gasteiger partial charge in [-0.2, -0.15) is 0 Å². The van der Waals surface area contributed by atoms with E-state index in [1.165, 1.54) is 13.2 Å². The molecule has 1 aromatic carbocycles. The summed E-state index contributed by atoms with van der Waals surface area (Å²) in [4.78, 5) is 27.8. The molecule has 0 radical (unpaired) electrons. The molecule has 0 amide bonds. The molecule has 0 spiro atoms. The first-order valence-electron chi connectivity index (χ1n) is 9.68. The highest BCUT2D eigenvalue weighted by Crippen LogP contribution is 2.31. The molecule has 7 nitrogen and oxygen atoms in total. The highest BCUT2D eigenvalue weighted by atomic mass is 16.6. The van der Waals surface area contributed by atoms with Gasteiger partial charge in [0.1, 0.15) is 23.7 Å². The van der Waals surface area contributed by atoms with Crippen LogP contribution in [-0.4, -0.2) is 42.8 Å².